The summed E-state index contributed by atoms with van der Waals surface area (Å²) in [5, 5.41) is 22.1. The Morgan fingerprint density at radius 2 is 2.14 bits per heavy atom. The number of nitro groups is 1. The zero-order chi connectivity index (χ0) is 16.0. The number of rotatable bonds is 7. The summed E-state index contributed by atoms with van der Waals surface area (Å²) in [6.45, 7) is 1.91. The van der Waals surface area contributed by atoms with Gasteiger partial charge in [0, 0.05) is 12.6 Å². The van der Waals surface area contributed by atoms with Crippen molar-refractivity contribution in [1.82, 2.24) is 5.32 Å². The molecule has 21 heavy (non-hydrogen) atoms. The molecular formula is C13H15BrN2O5. The van der Waals surface area contributed by atoms with Crippen molar-refractivity contribution in [2.45, 2.75) is 19.8 Å². The summed E-state index contributed by atoms with van der Waals surface area (Å²) in [5.41, 5.74) is -0.00219. The topological polar surface area (TPSA) is 110 Å². The van der Waals surface area contributed by atoms with E-state index in [0.717, 1.165) is 0 Å². The van der Waals surface area contributed by atoms with Crippen LogP contribution in [0.4, 0.5) is 5.69 Å². The molecule has 0 bridgehead atoms. The number of carboxylic acids is 1. The Balaban J connectivity index is 2.59. The fourth-order valence-electron chi connectivity index (χ4n) is 1.67. The van der Waals surface area contributed by atoms with Crippen LogP contribution in [0.3, 0.4) is 0 Å². The summed E-state index contributed by atoms with van der Waals surface area (Å²) < 4.78 is 0.131. The third-order valence-electron chi connectivity index (χ3n) is 2.94. The Hall–Kier alpha value is -1.96. The monoisotopic (exact) mass is 358 g/mol. The Labute approximate surface area is 129 Å². The largest absolute Gasteiger partial charge is 0.481 e. The summed E-state index contributed by atoms with van der Waals surface area (Å²) in [5.74, 6) is -1.78. The van der Waals surface area contributed by atoms with Crippen LogP contribution in [0.2, 0.25) is 0 Å². The van der Waals surface area contributed by atoms with Crippen molar-refractivity contribution in [3.8, 4) is 0 Å². The van der Waals surface area contributed by atoms with E-state index in [1.807, 2.05) is 0 Å². The lowest BCUT2D eigenvalue weighted by Gasteiger charge is -2.08. The van der Waals surface area contributed by atoms with Gasteiger partial charge >= 0.3 is 5.97 Å². The molecule has 0 spiro atoms. The Morgan fingerprint density at radius 3 is 2.71 bits per heavy atom. The second-order valence-corrected chi connectivity index (χ2v) is 5.33. The van der Waals surface area contributed by atoms with Crippen molar-refractivity contribution in [2.24, 2.45) is 5.92 Å². The molecule has 8 heteroatoms. The maximum Gasteiger partial charge on any atom is 0.306 e. The van der Waals surface area contributed by atoms with E-state index < -0.39 is 22.7 Å². The van der Waals surface area contributed by atoms with Crippen molar-refractivity contribution in [3.05, 3.63) is 38.3 Å². The van der Waals surface area contributed by atoms with E-state index >= 15 is 0 Å². The fraction of sp³-hybridized carbons (Fsp3) is 0.385. The summed E-state index contributed by atoms with van der Waals surface area (Å²) in [7, 11) is 0. The summed E-state index contributed by atoms with van der Waals surface area (Å²) in [6.07, 6.45) is 0.970. The number of hydrogen-bond acceptors (Lipinski definition) is 4. The van der Waals surface area contributed by atoms with Crippen molar-refractivity contribution < 1.29 is 19.6 Å². The van der Waals surface area contributed by atoms with Gasteiger partial charge in [0.15, 0.2) is 0 Å². The molecule has 1 rings (SSSR count). The van der Waals surface area contributed by atoms with Crippen LogP contribution in [0.1, 0.15) is 30.1 Å². The number of aliphatic carboxylic acids is 1. The number of hydrogen-bond donors (Lipinski definition) is 2. The van der Waals surface area contributed by atoms with Crippen LogP contribution in [-0.2, 0) is 4.79 Å². The predicted octanol–water partition coefficient (Wildman–Crippen LogP) is 2.59. The number of benzene rings is 1. The molecule has 0 fully saturated rings. The molecule has 0 saturated heterocycles. The van der Waals surface area contributed by atoms with Crippen molar-refractivity contribution >= 4 is 33.5 Å². The van der Waals surface area contributed by atoms with Gasteiger partial charge in [-0.2, -0.15) is 0 Å². The van der Waals surface area contributed by atoms with Crippen LogP contribution in [0.5, 0.6) is 0 Å². The first-order valence-electron chi connectivity index (χ1n) is 6.28. The molecule has 0 aliphatic heterocycles. The maximum absolute atomic E-state index is 11.9. The summed E-state index contributed by atoms with van der Waals surface area (Å²) in [6, 6.07) is 4.21. The minimum Gasteiger partial charge on any atom is -0.481 e. The van der Waals surface area contributed by atoms with Crippen molar-refractivity contribution in [3.63, 3.8) is 0 Å². The number of carbonyl (C=O) groups excluding carboxylic acids is 1. The van der Waals surface area contributed by atoms with Gasteiger partial charge in [-0.05, 0) is 34.8 Å². The van der Waals surface area contributed by atoms with Gasteiger partial charge in [-0.15, -0.1) is 0 Å². The van der Waals surface area contributed by atoms with Crippen molar-refractivity contribution in [1.29, 1.82) is 0 Å². The number of carboxylic acid groups (broad SMARTS) is 1. The molecule has 0 aliphatic rings. The molecule has 1 unspecified atom stereocenters. The smallest absolute Gasteiger partial charge is 0.306 e. The number of halogens is 1. The molecule has 7 nitrogen and oxygen atoms in total. The third-order valence-corrected chi connectivity index (χ3v) is 3.77. The zero-order valence-electron chi connectivity index (χ0n) is 11.3. The van der Waals surface area contributed by atoms with Gasteiger partial charge in [0.05, 0.1) is 16.4 Å². The van der Waals surface area contributed by atoms with Gasteiger partial charge in [0.1, 0.15) is 4.47 Å². The lowest BCUT2D eigenvalue weighted by atomic mass is 10.1. The average molecular weight is 359 g/mol. The van der Waals surface area contributed by atoms with Gasteiger partial charge in [-0.1, -0.05) is 13.0 Å². The van der Waals surface area contributed by atoms with E-state index in [9.17, 15) is 19.7 Å². The lowest BCUT2D eigenvalue weighted by Crippen LogP contribution is -2.25. The van der Waals surface area contributed by atoms with Crippen LogP contribution >= 0.6 is 15.9 Å². The molecule has 114 valence electrons. The SMILES string of the molecule is CC(CCCNC(=O)c1cccc([N+](=O)[O-])c1Br)C(=O)O. The third kappa shape index (κ3) is 4.82. The molecule has 1 amide bonds. The highest BCUT2D eigenvalue weighted by Crippen LogP contribution is 2.28. The van der Waals surface area contributed by atoms with E-state index in [1.54, 1.807) is 6.92 Å². The first kappa shape index (κ1) is 17.1. The highest BCUT2D eigenvalue weighted by atomic mass is 79.9. The van der Waals surface area contributed by atoms with Crippen LogP contribution < -0.4 is 5.32 Å². The minimum absolute atomic E-state index is 0.131. The molecule has 1 aromatic carbocycles. The average Bonchev–Trinajstić information content (AvgIpc) is 2.42. The van der Waals surface area contributed by atoms with Crippen LogP contribution in [-0.4, -0.2) is 28.5 Å². The highest BCUT2D eigenvalue weighted by Gasteiger charge is 2.19. The molecule has 0 radical (unpaired) electrons. The van der Waals surface area contributed by atoms with Gasteiger partial charge in [0.2, 0.25) is 0 Å². The zero-order valence-corrected chi connectivity index (χ0v) is 12.9. The predicted molar refractivity (Wildman–Crippen MR) is 79.2 cm³/mol. The molecule has 0 aliphatic carbocycles. The molecule has 2 N–H and O–H groups in total. The Kier molecular flexibility index (Phi) is 6.29. The van der Waals surface area contributed by atoms with E-state index in [4.69, 9.17) is 5.11 Å². The molecular weight excluding hydrogens is 344 g/mol. The maximum atomic E-state index is 11.9. The lowest BCUT2D eigenvalue weighted by molar-refractivity contribution is -0.385. The number of nitro benzene ring substituents is 1. The normalized spacial score (nSPS) is 11.7. The Morgan fingerprint density at radius 1 is 1.48 bits per heavy atom. The molecule has 0 aromatic heterocycles. The molecule has 0 heterocycles. The standard InChI is InChI=1S/C13H15BrN2O5/c1-8(13(18)19)4-3-7-15-12(17)9-5-2-6-10(11(9)14)16(20)21/h2,5-6,8H,3-4,7H2,1H3,(H,15,17)(H,18,19). The molecule has 1 atom stereocenters. The van der Waals surface area contributed by atoms with Crippen LogP contribution in [0.25, 0.3) is 0 Å². The van der Waals surface area contributed by atoms with Gasteiger partial charge in [-0.3, -0.25) is 19.7 Å². The fourth-order valence-corrected chi connectivity index (χ4v) is 2.25. The van der Waals surface area contributed by atoms with Crippen molar-refractivity contribution in [2.75, 3.05) is 6.54 Å². The molecule has 0 saturated carbocycles. The van der Waals surface area contributed by atoms with Gasteiger partial charge in [-0.25, -0.2) is 0 Å². The number of amides is 1. The summed E-state index contributed by atoms with van der Waals surface area (Å²) in [4.78, 5) is 32.8. The van der Waals surface area contributed by atoms with E-state index in [-0.39, 0.29) is 15.7 Å². The number of nitrogens with one attached hydrogen (secondary N) is 1. The quantitative estimate of drug-likeness (QED) is 0.442. The van der Waals surface area contributed by atoms with Crippen LogP contribution in [0, 0.1) is 16.0 Å². The first-order valence-corrected chi connectivity index (χ1v) is 7.07. The van der Waals surface area contributed by atoms with E-state index in [1.165, 1.54) is 18.2 Å². The first-order chi connectivity index (χ1) is 9.84. The van der Waals surface area contributed by atoms with Crippen LogP contribution in [0.15, 0.2) is 22.7 Å². The highest BCUT2D eigenvalue weighted by molar-refractivity contribution is 9.10. The van der Waals surface area contributed by atoms with Gasteiger partial charge < -0.3 is 10.4 Å². The number of carbonyl (C=O) groups is 2. The Bertz CT molecular complexity index is 561. The second kappa shape index (κ2) is 7.72. The van der Waals surface area contributed by atoms with Gasteiger partial charge in [0.25, 0.3) is 11.6 Å². The minimum atomic E-state index is -0.872. The molecule has 1 aromatic rings. The number of nitrogens with zero attached hydrogens (tertiary/aromatic N) is 1. The van der Waals surface area contributed by atoms with E-state index in [2.05, 4.69) is 21.2 Å². The van der Waals surface area contributed by atoms with E-state index in [0.29, 0.717) is 19.4 Å². The summed E-state index contributed by atoms with van der Waals surface area (Å²) >= 11 is 3.05. The second-order valence-electron chi connectivity index (χ2n) is 4.53.